The summed E-state index contributed by atoms with van der Waals surface area (Å²) in [6, 6.07) is 11.0. The molecule has 0 aliphatic carbocycles. The molecule has 0 unspecified atom stereocenters. The van der Waals surface area contributed by atoms with E-state index in [2.05, 4.69) is 44.2 Å². The highest BCUT2D eigenvalue weighted by molar-refractivity contribution is 7.15. The van der Waals surface area contributed by atoms with E-state index in [-0.39, 0.29) is 0 Å². The molecule has 2 rings (SSSR count). The number of nitrogens with two attached hydrogens (primary N) is 1. The molecule has 1 nitrogen and oxygen atoms in total. The van der Waals surface area contributed by atoms with Gasteiger partial charge in [0.2, 0.25) is 0 Å². The van der Waals surface area contributed by atoms with Crippen molar-refractivity contribution < 1.29 is 0 Å². The van der Waals surface area contributed by atoms with Crippen molar-refractivity contribution in [2.24, 2.45) is 5.73 Å². The molecule has 1 aromatic heterocycles. The summed E-state index contributed by atoms with van der Waals surface area (Å²) in [7, 11) is 0. The molecule has 0 fully saturated rings. The van der Waals surface area contributed by atoms with Crippen LogP contribution in [-0.4, -0.2) is 0 Å². The molecule has 0 radical (unpaired) electrons. The molecule has 0 atom stereocenters. The third-order valence-electron chi connectivity index (χ3n) is 2.77. The van der Waals surface area contributed by atoms with Gasteiger partial charge in [0.1, 0.15) is 0 Å². The van der Waals surface area contributed by atoms with Crippen LogP contribution in [0.15, 0.2) is 30.3 Å². The minimum absolute atomic E-state index is 0.638. The van der Waals surface area contributed by atoms with Gasteiger partial charge < -0.3 is 5.73 Å². The Morgan fingerprint density at radius 2 is 2.06 bits per heavy atom. The number of rotatable bonds is 3. The van der Waals surface area contributed by atoms with Crippen LogP contribution in [0.25, 0.3) is 10.4 Å². The lowest BCUT2D eigenvalue weighted by atomic mass is 10.1. The van der Waals surface area contributed by atoms with Gasteiger partial charge in [0, 0.05) is 16.3 Å². The van der Waals surface area contributed by atoms with Crippen LogP contribution in [-0.2, 0) is 13.0 Å². The van der Waals surface area contributed by atoms with Crippen molar-refractivity contribution >= 4 is 11.3 Å². The second-order valence-corrected chi connectivity index (χ2v) is 5.12. The van der Waals surface area contributed by atoms with E-state index in [0.29, 0.717) is 6.54 Å². The molecule has 1 aromatic carbocycles. The molecule has 0 saturated carbocycles. The van der Waals surface area contributed by atoms with Gasteiger partial charge in [0.05, 0.1) is 0 Å². The minimum atomic E-state index is 0.638. The van der Waals surface area contributed by atoms with Crippen LogP contribution in [0.3, 0.4) is 0 Å². The molecule has 2 N–H and O–H groups in total. The van der Waals surface area contributed by atoms with Gasteiger partial charge in [0.15, 0.2) is 0 Å². The zero-order chi connectivity index (χ0) is 11.5. The van der Waals surface area contributed by atoms with Crippen LogP contribution < -0.4 is 5.73 Å². The van der Waals surface area contributed by atoms with E-state index in [1.54, 1.807) is 11.3 Å². The van der Waals surface area contributed by atoms with E-state index < -0.39 is 0 Å². The highest BCUT2D eigenvalue weighted by Gasteiger charge is 2.07. The summed E-state index contributed by atoms with van der Waals surface area (Å²) < 4.78 is 0. The highest BCUT2D eigenvalue weighted by atomic mass is 32.1. The molecule has 0 aliphatic heterocycles. The summed E-state index contributed by atoms with van der Waals surface area (Å²) in [4.78, 5) is 2.62. The van der Waals surface area contributed by atoms with Gasteiger partial charge in [-0.1, -0.05) is 31.2 Å². The smallest absolute Gasteiger partial charge is 0.0375 e. The zero-order valence-corrected chi connectivity index (χ0v) is 10.6. The number of aryl methyl sites for hydroxylation is 2. The molecular formula is C14H17NS. The van der Waals surface area contributed by atoms with Crippen LogP contribution in [0.5, 0.6) is 0 Å². The van der Waals surface area contributed by atoms with Gasteiger partial charge in [-0.3, -0.25) is 0 Å². The fourth-order valence-electron chi connectivity index (χ4n) is 1.87. The van der Waals surface area contributed by atoms with Crippen molar-refractivity contribution in [2.75, 3.05) is 0 Å². The lowest BCUT2D eigenvalue weighted by Crippen LogP contribution is -1.91. The Morgan fingerprint density at radius 1 is 1.25 bits per heavy atom. The van der Waals surface area contributed by atoms with Crippen molar-refractivity contribution in [1.82, 2.24) is 0 Å². The second-order valence-electron chi connectivity index (χ2n) is 3.98. The van der Waals surface area contributed by atoms with Crippen LogP contribution >= 0.6 is 11.3 Å². The quantitative estimate of drug-likeness (QED) is 0.855. The molecule has 1 heterocycles. The fourth-order valence-corrected chi connectivity index (χ4v) is 2.91. The highest BCUT2D eigenvalue weighted by Crippen LogP contribution is 2.32. The number of hydrogen-bond acceptors (Lipinski definition) is 2. The van der Waals surface area contributed by atoms with Gasteiger partial charge in [-0.2, -0.15) is 0 Å². The Morgan fingerprint density at radius 3 is 2.69 bits per heavy atom. The lowest BCUT2D eigenvalue weighted by molar-refractivity contribution is 1.10. The normalized spacial score (nSPS) is 10.7. The predicted octanol–water partition coefficient (Wildman–Crippen LogP) is 3.74. The third-order valence-corrected chi connectivity index (χ3v) is 4.08. The predicted molar refractivity (Wildman–Crippen MR) is 71.8 cm³/mol. The summed E-state index contributed by atoms with van der Waals surface area (Å²) >= 11 is 1.81. The monoisotopic (exact) mass is 231 g/mol. The van der Waals surface area contributed by atoms with E-state index in [4.69, 9.17) is 5.73 Å². The molecule has 2 aromatic rings. The van der Waals surface area contributed by atoms with Crippen LogP contribution in [0.2, 0.25) is 0 Å². The topological polar surface area (TPSA) is 26.0 Å². The van der Waals surface area contributed by atoms with Crippen molar-refractivity contribution in [2.45, 2.75) is 26.8 Å². The van der Waals surface area contributed by atoms with Gasteiger partial charge in [0.25, 0.3) is 0 Å². The molecule has 2 heteroatoms. The summed E-state index contributed by atoms with van der Waals surface area (Å²) in [5.41, 5.74) is 9.72. The largest absolute Gasteiger partial charge is 0.326 e. The second kappa shape index (κ2) is 4.81. The van der Waals surface area contributed by atoms with Crippen LogP contribution in [0.4, 0.5) is 0 Å². The average molecular weight is 231 g/mol. The molecule has 0 bridgehead atoms. The first kappa shape index (κ1) is 11.4. The Balaban J connectivity index is 2.45. The Hall–Kier alpha value is -1.12. The molecule has 0 spiro atoms. The molecule has 0 amide bonds. The van der Waals surface area contributed by atoms with E-state index in [1.165, 1.54) is 26.4 Å². The Labute approximate surface area is 101 Å². The standard InChI is InChI=1S/C14H17NS/c1-3-11-5-4-6-12(8-11)14-10(2)7-13(9-15)16-14/h4-8H,3,9,15H2,1-2H3. The van der Waals surface area contributed by atoms with Gasteiger partial charge in [-0.05, 0) is 36.1 Å². The summed E-state index contributed by atoms with van der Waals surface area (Å²) in [5, 5.41) is 0. The maximum absolute atomic E-state index is 5.68. The molecule has 0 saturated heterocycles. The lowest BCUT2D eigenvalue weighted by Gasteiger charge is -2.02. The molecule has 84 valence electrons. The fraction of sp³-hybridized carbons (Fsp3) is 0.286. The van der Waals surface area contributed by atoms with E-state index >= 15 is 0 Å². The van der Waals surface area contributed by atoms with Crippen molar-refractivity contribution in [1.29, 1.82) is 0 Å². The number of benzene rings is 1. The van der Waals surface area contributed by atoms with Crippen molar-refractivity contribution in [3.63, 3.8) is 0 Å². The van der Waals surface area contributed by atoms with Crippen LogP contribution in [0, 0.1) is 6.92 Å². The Bertz CT molecular complexity index is 485. The zero-order valence-electron chi connectivity index (χ0n) is 9.79. The first-order valence-electron chi connectivity index (χ1n) is 5.63. The first-order valence-corrected chi connectivity index (χ1v) is 6.45. The Kier molecular flexibility index (Phi) is 3.42. The van der Waals surface area contributed by atoms with Gasteiger partial charge in [-0.15, -0.1) is 11.3 Å². The maximum Gasteiger partial charge on any atom is 0.0375 e. The molecule has 16 heavy (non-hydrogen) atoms. The van der Waals surface area contributed by atoms with E-state index in [1.807, 2.05) is 0 Å². The summed E-state index contributed by atoms with van der Waals surface area (Å²) in [6.07, 6.45) is 1.09. The van der Waals surface area contributed by atoms with Gasteiger partial charge in [-0.25, -0.2) is 0 Å². The SMILES string of the molecule is CCc1cccc(-c2sc(CN)cc2C)c1. The van der Waals surface area contributed by atoms with Crippen molar-refractivity contribution in [3.8, 4) is 10.4 Å². The van der Waals surface area contributed by atoms with E-state index in [9.17, 15) is 0 Å². The third kappa shape index (κ3) is 2.18. The summed E-state index contributed by atoms with van der Waals surface area (Å²) in [6.45, 7) is 4.98. The molecule has 0 aliphatic rings. The van der Waals surface area contributed by atoms with E-state index in [0.717, 1.165) is 6.42 Å². The van der Waals surface area contributed by atoms with Crippen LogP contribution in [0.1, 0.15) is 22.9 Å². The first-order chi connectivity index (χ1) is 7.74. The number of hydrogen-bond donors (Lipinski definition) is 1. The maximum atomic E-state index is 5.68. The minimum Gasteiger partial charge on any atom is -0.326 e. The van der Waals surface area contributed by atoms with Gasteiger partial charge >= 0.3 is 0 Å². The van der Waals surface area contributed by atoms with Crippen molar-refractivity contribution in [3.05, 3.63) is 46.3 Å². The molecular weight excluding hydrogens is 214 g/mol. The summed E-state index contributed by atoms with van der Waals surface area (Å²) in [5.74, 6) is 0. The number of thiophene rings is 1. The average Bonchev–Trinajstić information content (AvgIpc) is 2.71.